The lowest BCUT2D eigenvalue weighted by atomic mass is 10.1. The first-order valence-electron chi connectivity index (χ1n) is 9.47. The molecule has 0 unspecified atom stereocenters. The monoisotopic (exact) mass is 359 g/mol. The second-order valence-corrected chi connectivity index (χ2v) is 7.00. The van der Waals surface area contributed by atoms with E-state index in [1.807, 2.05) is 12.1 Å². The summed E-state index contributed by atoms with van der Waals surface area (Å²) in [6, 6.07) is 16.6. The maximum atomic E-state index is 4.59. The van der Waals surface area contributed by atoms with Crippen molar-refractivity contribution >= 4 is 28.8 Å². The van der Waals surface area contributed by atoms with Crippen LogP contribution in [0.5, 0.6) is 0 Å². The largest absolute Gasteiger partial charge is 0.372 e. The van der Waals surface area contributed by atoms with E-state index in [0.29, 0.717) is 5.95 Å². The van der Waals surface area contributed by atoms with Gasteiger partial charge in [0.1, 0.15) is 5.82 Å². The summed E-state index contributed by atoms with van der Waals surface area (Å²) in [5.41, 5.74) is 5.81. The van der Waals surface area contributed by atoms with Gasteiger partial charge >= 0.3 is 0 Å². The Morgan fingerprint density at radius 2 is 1.67 bits per heavy atom. The van der Waals surface area contributed by atoms with E-state index in [1.54, 1.807) is 6.20 Å². The molecular weight excluding hydrogens is 334 g/mol. The molecule has 1 saturated heterocycles. The van der Waals surface area contributed by atoms with Crippen LogP contribution in [0.2, 0.25) is 0 Å². The Labute approximate surface area is 160 Å². The number of hydrogen-bond donors (Lipinski definition) is 2. The van der Waals surface area contributed by atoms with E-state index in [-0.39, 0.29) is 0 Å². The van der Waals surface area contributed by atoms with Crippen LogP contribution >= 0.6 is 0 Å². The highest BCUT2D eigenvalue weighted by Gasteiger charge is 2.12. The molecule has 0 saturated carbocycles. The third-order valence-corrected chi connectivity index (χ3v) is 5.12. The molecule has 1 aliphatic heterocycles. The Kier molecular flexibility index (Phi) is 4.92. The number of rotatable bonds is 5. The van der Waals surface area contributed by atoms with Crippen molar-refractivity contribution in [1.82, 2.24) is 9.97 Å². The summed E-state index contributed by atoms with van der Waals surface area (Å²) in [7, 11) is 0. The summed E-state index contributed by atoms with van der Waals surface area (Å²) in [5, 5.41) is 6.68. The van der Waals surface area contributed by atoms with E-state index >= 15 is 0 Å². The molecule has 4 rings (SSSR count). The Bertz CT molecular complexity index is 914. The zero-order valence-corrected chi connectivity index (χ0v) is 15.9. The molecule has 138 valence electrons. The Morgan fingerprint density at radius 3 is 2.44 bits per heavy atom. The van der Waals surface area contributed by atoms with Gasteiger partial charge in [-0.25, -0.2) is 4.98 Å². The summed E-state index contributed by atoms with van der Waals surface area (Å²) in [6.45, 7) is 6.53. The number of hydrogen-bond acceptors (Lipinski definition) is 5. The molecule has 5 nitrogen and oxygen atoms in total. The van der Waals surface area contributed by atoms with Crippen molar-refractivity contribution < 1.29 is 0 Å². The fourth-order valence-corrected chi connectivity index (χ4v) is 3.37. The molecular formula is C22H25N5. The molecule has 2 heterocycles. The molecule has 27 heavy (non-hydrogen) atoms. The Morgan fingerprint density at radius 1 is 0.889 bits per heavy atom. The van der Waals surface area contributed by atoms with Gasteiger partial charge in [-0.15, -0.1) is 0 Å². The van der Waals surface area contributed by atoms with Crippen LogP contribution in [-0.2, 0) is 0 Å². The second-order valence-electron chi connectivity index (χ2n) is 7.00. The third kappa shape index (κ3) is 4.03. The maximum Gasteiger partial charge on any atom is 0.229 e. The standard InChI is InChI=1S/C22H25N5/c1-16-6-5-7-20(17(16)2)25-21-12-13-23-22(26-21)24-18-8-10-19(11-9-18)27-14-3-4-15-27/h5-13H,3-4,14-15H2,1-2H3,(H2,23,24,25,26). The van der Waals surface area contributed by atoms with Crippen LogP contribution in [0.15, 0.2) is 54.7 Å². The van der Waals surface area contributed by atoms with E-state index in [1.165, 1.54) is 29.7 Å². The highest BCUT2D eigenvalue weighted by atomic mass is 15.2. The fraction of sp³-hybridized carbons (Fsp3) is 0.273. The van der Waals surface area contributed by atoms with Gasteiger partial charge in [0.15, 0.2) is 0 Å². The lowest BCUT2D eigenvalue weighted by molar-refractivity contribution is 0.949. The zero-order chi connectivity index (χ0) is 18.6. The van der Waals surface area contributed by atoms with Crippen LogP contribution in [0, 0.1) is 13.8 Å². The Hall–Kier alpha value is -3.08. The van der Waals surface area contributed by atoms with Crippen LogP contribution in [0.1, 0.15) is 24.0 Å². The van der Waals surface area contributed by atoms with Gasteiger partial charge < -0.3 is 15.5 Å². The second kappa shape index (κ2) is 7.66. The van der Waals surface area contributed by atoms with Crippen molar-refractivity contribution in [2.75, 3.05) is 28.6 Å². The van der Waals surface area contributed by atoms with Crippen LogP contribution in [0.4, 0.5) is 28.8 Å². The number of benzene rings is 2. The minimum atomic E-state index is 0.583. The summed E-state index contributed by atoms with van der Waals surface area (Å²) in [4.78, 5) is 11.4. The maximum absolute atomic E-state index is 4.59. The number of aromatic nitrogens is 2. The topological polar surface area (TPSA) is 53.1 Å². The van der Waals surface area contributed by atoms with Gasteiger partial charge in [-0.1, -0.05) is 12.1 Å². The van der Waals surface area contributed by atoms with Crippen molar-refractivity contribution in [1.29, 1.82) is 0 Å². The molecule has 3 aromatic rings. The molecule has 0 amide bonds. The van der Waals surface area contributed by atoms with Gasteiger partial charge in [0.05, 0.1) is 0 Å². The van der Waals surface area contributed by atoms with Crippen molar-refractivity contribution in [2.24, 2.45) is 0 Å². The van der Waals surface area contributed by atoms with E-state index < -0.39 is 0 Å². The average molecular weight is 359 g/mol. The summed E-state index contributed by atoms with van der Waals surface area (Å²) >= 11 is 0. The van der Waals surface area contributed by atoms with Crippen LogP contribution in [0.3, 0.4) is 0 Å². The van der Waals surface area contributed by atoms with Crippen LogP contribution in [0.25, 0.3) is 0 Å². The molecule has 0 bridgehead atoms. The molecule has 0 spiro atoms. The predicted molar refractivity (Wildman–Crippen MR) is 112 cm³/mol. The SMILES string of the molecule is Cc1cccc(Nc2ccnc(Nc3ccc(N4CCCC4)cc3)n2)c1C. The lowest BCUT2D eigenvalue weighted by Gasteiger charge is -2.17. The van der Waals surface area contributed by atoms with Crippen molar-refractivity contribution in [3.8, 4) is 0 Å². The predicted octanol–water partition coefficient (Wildman–Crippen LogP) is 5.18. The average Bonchev–Trinajstić information content (AvgIpc) is 3.21. The normalized spacial score (nSPS) is 13.6. The first kappa shape index (κ1) is 17.3. The molecule has 1 aromatic heterocycles. The van der Waals surface area contributed by atoms with Crippen molar-refractivity contribution in [3.63, 3.8) is 0 Å². The quantitative estimate of drug-likeness (QED) is 0.657. The molecule has 2 N–H and O–H groups in total. The molecule has 2 aromatic carbocycles. The van der Waals surface area contributed by atoms with Gasteiger partial charge in [-0.3, -0.25) is 0 Å². The van der Waals surface area contributed by atoms with Gasteiger partial charge in [0.25, 0.3) is 0 Å². The third-order valence-electron chi connectivity index (χ3n) is 5.12. The summed E-state index contributed by atoms with van der Waals surface area (Å²) < 4.78 is 0. The molecule has 5 heteroatoms. The van der Waals surface area contributed by atoms with Crippen LogP contribution < -0.4 is 15.5 Å². The molecule has 1 fully saturated rings. The molecule has 0 radical (unpaired) electrons. The van der Waals surface area contributed by atoms with Crippen molar-refractivity contribution in [3.05, 3.63) is 65.9 Å². The first-order chi connectivity index (χ1) is 13.2. The van der Waals surface area contributed by atoms with Gasteiger partial charge in [0.2, 0.25) is 5.95 Å². The number of aryl methyl sites for hydroxylation is 1. The van der Waals surface area contributed by atoms with Gasteiger partial charge in [-0.05, 0) is 74.2 Å². The highest BCUT2D eigenvalue weighted by Crippen LogP contribution is 2.25. The first-order valence-corrected chi connectivity index (χ1v) is 9.47. The van der Waals surface area contributed by atoms with E-state index in [9.17, 15) is 0 Å². The zero-order valence-electron chi connectivity index (χ0n) is 15.9. The fourth-order valence-electron chi connectivity index (χ4n) is 3.37. The van der Waals surface area contributed by atoms with E-state index in [0.717, 1.165) is 30.3 Å². The van der Waals surface area contributed by atoms with Crippen molar-refractivity contribution in [2.45, 2.75) is 26.7 Å². The number of anilines is 5. The van der Waals surface area contributed by atoms with E-state index in [4.69, 9.17) is 0 Å². The van der Waals surface area contributed by atoms with Crippen LogP contribution in [-0.4, -0.2) is 23.1 Å². The minimum Gasteiger partial charge on any atom is -0.372 e. The summed E-state index contributed by atoms with van der Waals surface area (Å²) in [5.74, 6) is 1.36. The van der Waals surface area contributed by atoms with E-state index in [2.05, 4.69) is 75.7 Å². The smallest absolute Gasteiger partial charge is 0.229 e. The van der Waals surface area contributed by atoms with Gasteiger partial charge in [-0.2, -0.15) is 4.98 Å². The van der Waals surface area contributed by atoms with Gasteiger partial charge in [0, 0.05) is 36.3 Å². The number of nitrogens with zero attached hydrogens (tertiary/aromatic N) is 3. The molecule has 0 atom stereocenters. The highest BCUT2D eigenvalue weighted by molar-refractivity contribution is 5.64. The Balaban J connectivity index is 1.47. The number of nitrogens with one attached hydrogen (secondary N) is 2. The lowest BCUT2D eigenvalue weighted by Crippen LogP contribution is -2.17. The minimum absolute atomic E-state index is 0.583. The molecule has 1 aliphatic rings. The molecule has 0 aliphatic carbocycles. The summed E-state index contributed by atoms with van der Waals surface area (Å²) in [6.07, 6.45) is 4.34.